The van der Waals surface area contributed by atoms with E-state index < -0.39 is 10.0 Å². The van der Waals surface area contributed by atoms with Crippen LogP contribution in [-0.4, -0.2) is 35.8 Å². The van der Waals surface area contributed by atoms with Gasteiger partial charge < -0.3 is 0 Å². The van der Waals surface area contributed by atoms with E-state index in [-0.39, 0.29) is 16.3 Å². The predicted molar refractivity (Wildman–Crippen MR) is 67.0 cm³/mol. The zero-order valence-electron chi connectivity index (χ0n) is 10.4. The minimum absolute atomic E-state index is 0.0205. The largest absolute Gasteiger partial charge is 0.292 e. The van der Waals surface area contributed by atoms with Crippen LogP contribution in [0, 0.1) is 5.41 Å². The van der Waals surface area contributed by atoms with E-state index in [0.29, 0.717) is 13.1 Å². The SMILES string of the molecule is CC1(C)CCN(S(=O)(=O)c2cnc(NN)nc2)C1. The molecule has 8 heteroatoms. The number of nitrogens with one attached hydrogen (secondary N) is 1. The van der Waals surface area contributed by atoms with Crippen LogP contribution < -0.4 is 11.3 Å². The second kappa shape index (κ2) is 4.45. The summed E-state index contributed by atoms with van der Waals surface area (Å²) in [6, 6.07) is 0. The molecule has 1 aromatic heterocycles. The number of nitrogens with two attached hydrogens (primary N) is 1. The first kappa shape index (κ1) is 13.2. The minimum Gasteiger partial charge on any atom is -0.292 e. The van der Waals surface area contributed by atoms with Gasteiger partial charge >= 0.3 is 0 Å². The van der Waals surface area contributed by atoms with Gasteiger partial charge in [0.15, 0.2) is 0 Å². The number of nitrogen functional groups attached to an aromatic ring is 1. The van der Waals surface area contributed by atoms with Crippen molar-refractivity contribution in [2.75, 3.05) is 18.5 Å². The van der Waals surface area contributed by atoms with Crippen LogP contribution in [0.15, 0.2) is 17.3 Å². The summed E-state index contributed by atoms with van der Waals surface area (Å²) >= 11 is 0. The maximum Gasteiger partial charge on any atom is 0.246 e. The summed E-state index contributed by atoms with van der Waals surface area (Å²) in [6.07, 6.45) is 3.39. The molecule has 3 N–H and O–H groups in total. The van der Waals surface area contributed by atoms with Crippen molar-refractivity contribution in [3.63, 3.8) is 0 Å². The van der Waals surface area contributed by atoms with E-state index in [1.54, 1.807) is 0 Å². The molecular weight excluding hydrogens is 254 g/mol. The molecular formula is C10H17N5O2S. The van der Waals surface area contributed by atoms with E-state index in [4.69, 9.17) is 5.84 Å². The van der Waals surface area contributed by atoms with Crippen molar-refractivity contribution >= 4 is 16.0 Å². The fraction of sp³-hybridized carbons (Fsp3) is 0.600. The number of rotatable bonds is 3. The molecule has 0 saturated carbocycles. The van der Waals surface area contributed by atoms with E-state index in [2.05, 4.69) is 29.2 Å². The highest BCUT2D eigenvalue weighted by Gasteiger charge is 2.37. The standard InChI is InChI=1S/C10H17N5O2S/c1-10(2)3-4-15(7-10)18(16,17)8-5-12-9(14-11)13-6-8/h5-6H,3-4,7,11H2,1-2H3,(H,12,13,14). The Kier molecular flexibility index (Phi) is 3.26. The zero-order valence-corrected chi connectivity index (χ0v) is 11.2. The molecule has 0 amide bonds. The van der Waals surface area contributed by atoms with Crippen molar-refractivity contribution in [3.8, 4) is 0 Å². The molecule has 1 aromatic rings. The van der Waals surface area contributed by atoms with Gasteiger partial charge in [0.1, 0.15) is 4.90 Å². The van der Waals surface area contributed by atoms with E-state index in [1.807, 2.05) is 0 Å². The van der Waals surface area contributed by atoms with Crippen LogP contribution in [0.25, 0.3) is 0 Å². The third kappa shape index (κ3) is 2.45. The number of aromatic nitrogens is 2. The van der Waals surface area contributed by atoms with Gasteiger partial charge in [0, 0.05) is 13.1 Å². The van der Waals surface area contributed by atoms with Crippen LogP contribution >= 0.6 is 0 Å². The number of hydrogen-bond donors (Lipinski definition) is 2. The maximum atomic E-state index is 12.3. The average Bonchev–Trinajstić information content (AvgIpc) is 2.70. The van der Waals surface area contributed by atoms with Gasteiger partial charge in [-0.05, 0) is 11.8 Å². The topological polar surface area (TPSA) is 101 Å². The highest BCUT2D eigenvalue weighted by atomic mass is 32.2. The summed E-state index contributed by atoms with van der Waals surface area (Å²) in [5.41, 5.74) is 2.28. The summed E-state index contributed by atoms with van der Waals surface area (Å²) in [6.45, 7) is 5.17. The van der Waals surface area contributed by atoms with Crippen molar-refractivity contribution in [2.24, 2.45) is 11.3 Å². The van der Waals surface area contributed by atoms with Crippen LogP contribution in [-0.2, 0) is 10.0 Å². The fourth-order valence-corrected chi connectivity index (χ4v) is 3.46. The molecule has 0 unspecified atom stereocenters. The van der Waals surface area contributed by atoms with Gasteiger partial charge in [-0.2, -0.15) is 4.31 Å². The molecule has 0 aromatic carbocycles. The molecule has 100 valence electrons. The van der Waals surface area contributed by atoms with E-state index in [9.17, 15) is 8.42 Å². The van der Waals surface area contributed by atoms with Gasteiger partial charge in [-0.3, -0.25) is 5.43 Å². The summed E-state index contributed by atoms with van der Waals surface area (Å²) in [5.74, 6) is 5.32. The number of hydrazine groups is 1. The maximum absolute atomic E-state index is 12.3. The van der Waals surface area contributed by atoms with Gasteiger partial charge in [-0.25, -0.2) is 24.2 Å². The molecule has 0 spiro atoms. The van der Waals surface area contributed by atoms with Crippen molar-refractivity contribution in [1.82, 2.24) is 14.3 Å². The summed E-state index contributed by atoms with van der Waals surface area (Å²) in [4.78, 5) is 7.73. The molecule has 0 bridgehead atoms. The molecule has 18 heavy (non-hydrogen) atoms. The Morgan fingerprint density at radius 1 is 1.39 bits per heavy atom. The van der Waals surface area contributed by atoms with Crippen LogP contribution in [0.5, 0.6) is 0 Å². The van der Waals surface area contributed by atoms with Crippen LogP contribution in [0.2, 0.25) is 0 Å². The number of hydrogen-bond acceptors (Lipinski definition) is 6. The van der Waals surface area contributed by atoms with Crippen molar-refractivity contribution in [1.29, 1.82) is 0 Å². The van der Waals surface area contributed by atoms with Crippen molar-refractivity contribution in [2.45, 2.75) is 25.2 Å². The summed E-state index contributed by atoms with van der Waals surface area (Å²) in [5, 5.41) is 0. The molecule has 0 atom stereocenters. The fourth-order valence-electron chi connectivity index (χ4n) is 1.94. The van der Waals surface area contributed by atoms with Crippen LogP contribution in [0.4, 0.5) is 5.95 Å². The number of sulfonamides is 1. The lowest BCUT2D eigenvalue weighted by Crippen LogP contribution is -2.30. The Bertz CT molecular complexity index is 526. The third-order valence-corrected chi connectivity index (χ3v) is 4.84. The second-order valence-electron chi connectivity index (χ2n) is 5.14. The van der Waals surface area contributed by atoms with Gasteiger partial charge in [0.05, 0.1) is 12.4 Å². The van der Waals surface area contributed by atoms with Crippen LogP contribution in [0.1, 0.15) is 20.3 Å². The van der Waals surface area contributed by atoms with Crippen molar-refractivity contribution in [3.05, 3.63) is 12.4 Å². The van der Waals surface area contributed by atoms with Gasteiger partial charge in [0.2, 0.25) is 16.0 Å². The highest BCUT2D eigenvalue weighted by molar-refractivity contribution is 7.89. The van der Waals surface area contributed by atoms with E-state index in [0.717, 1.165) is 6.42 Å². The molecule has 7 nitrogen and oxygen atoms in total. The summed E-state index contributed by atoms with van der Waals surface area (Å²) < 4.78 is 26.1. The number of nitrogens with zero attached hydrogens (tertiary/aromatic N) is 3. The second-order valence-corrected chi connectivity index (χ2v) is 7.08. The number of anilines is 1. The Labute approximate surface area is 106 Å². The Morgan fingerprint density at radius 3 is 2.44 bits per heavy atom. The molecule has 2 rings (SSSR count). The monoisotopic (exact) mass is 271 g/mol. The molecule has 2 heterocycles. The molecule has 1 saturated heterocycles. The predicted octanol–water partition coefficient (Wildman–Crippen LogP) is 0.183. The normalized spacial score (nSPS) is 19.9. The zero-order chi connectivity index (χ0) is 13.4. The van der Waals surface area contributed by atoms with Gasteiger partial charge in [-0.15, -0.1) is 0 Å². The molecule has 1 fully saturated rings. The Balaban J connectivity index is 2.25. The smallest absolute Gasteiger partial charge is 0.246 e. The lowest BCUT2D eigenvalue weighted by molar-refractivity contribution is 0.375. The van der Waals surface area contributed by atoms with Gasteiger partial charge in [0.25, 0.3) is 0 Å². The lowest BCUT2D eigenvalue weighted by atomic mass is 9.93. The quantitative estimate of drug-likeness (QED) is 0.601. The molecule has 1 aliphatic heterocycles. The van der Waals surface area contributed by atoms with Gasteiger partial charge in [-0.1, -0.05) is 13.8 Å². The Hall–Kier alpha value is -1.25. The first-order chi connectivity index (χ1) is 8.35. The van der Waals surface area contributed by atoms with E-state index in [1.165, 1.54) is 16.7 Å². The average molecular weight is 271 g/mol. The highest BCUT2D eigenvalue weighted by Crippen LogP contribution is 2.32. The van der Waals surface area contributed by atoms with E-state index >= 15 is 0 Å². The Morgan fingerprint density at radius 2 is 2.00 bits per heavy atom. The first-order valence-corrected chi connectivity index (χ1v) is 7.08. The molecule has 0 radical (unpaired) electrons. The van der Waals surface area contributed by atoms with Crippen molar-refractivity contribution < 1.29 is 8.42 Å². The minimum atomic E-state index is -3.49. The van der Waals surface area contributed by atoms with Crippen LogP contribution in [0.3, 0.4) is 0 Å². The lowest BCUT2D eigenvalue weighted by Gasteiger charge is -2.19. The molecule has 1 aliphatic rings. The third-order valence-electron chi connectivity index (χ3n) is 3.04. The summed E-state index contributed by atoms with van der Waals surface area (Å²) in [7, 11) is -3.49. The first-order valence-electron chi connectivity index (χ1n) is 5.64. The molecule has 0 aliphatic carbocycles.